The van der Waals surface area contributed by atoms with Crippen molar-refractivity contribution in [2.75, 3.05) is 5.75 Å². The maximum atomic E-state index is 10.7. The molecule has 0 aliphatic heterocycles. The van der Waals surface area contributed by atoms with Crippen molar-refractivity contribution in [3.05, 3.63) is 52.9 Å². The molecule has 7 nitrogen and oxygen atoms in total. The summed E-state index contributed by atoms with van der Waals surface area (Å²) in [6, 6.07) is 8.97. The summed E-state index contributed by atoms with van der Waals surface area (Å²) in [7, 11) is 0. The first-order valence-corrected chi connectivity index (χ1v) is 8.54. The van der Waals surface area contributed by atoms with E-state index in [2.05, 4.69) is 15.3 Å². The predicted molar refractivity (Wildman–Crippen MR) is 92.6 cm³/mol. The standard InChI is InChI=1S/C16H13ClN4O3S/c1-10-12(6-7-24-10)15-19-20-16(25-9-14(22)23)21(15)18-8-11-4-2-3-5-13(11)17/h2-8H,9H2,1H3,(H,22,23)/p-1/b18-8-. The summed E-state index contributed by atoms with van der Waals surface area (Å²) in [5, 5.41) is 24.1. The smallest absolute Gasteiger partial charge is 0.212 e. The number of thioether (sulfide) groups is 1. The molecule has 0 unspecified atom stereocenters. The number of carbonyl (C=O) groups is 1. The molecule has 2 aromatic heterocycles. The van der Waals surface area contributed by atoms with Crippen molar-refractivity contribution in [3.63, 3.8) is 0 Å². The van der Waals surface area contributed by atoms with E-state index in [-0.39, 0.29) is 5.75 Å². The lowest BCUT2D eigenvalue weighted by molar-refractivity contribution is -0.301. The summed E-state index contributed by atoms with van der Waals surface area (Å²) < 4.78 is 6.75. The summed E-state index contributed by atoms with van der Waals surface area (Å²) in [4.78, 5) is 10.7. The molecule has 0 atom stereocenters. The van der Waals surface area contributed by atoms with E-state index in [1.165, 1.54) is 10.9 Å². The number of benzene rings is 1. The van der Waals surface area contributed by atoms with E-state index in [0.29, 0.717) is 32.9 Å². The van der Waals surface area contributed by atoms with Crippen LogP contribution in [0.3, 0.4) is 0 Å². The van der Waals surface area contributed by atoms with Crippen molar-refractivity contribution in [2.24, 2.45) is 5.10 Å². The van der Waals surface area contributed by atoms with Crippen LogP contribution in [0.1, 0.15) is 11.3 Å². The highest BCUT2D eigenvalue weighted by molar-refractivity contribution is 7.99. The van der Waals surface area contributed by atoms with Gasteiger partial charge in [0.1, 0.15) is 5.76 Å². The molecule has 0 fully saturated rings. The average molecular weight is 376 g/mol. The summed E-state index contributed by atoms with van der Waals surface area (Å²) in [5.74, 6) is -0.367. The molecule has 0 saturated heterocycles. The third-order valence-corrected chi connectivity index (χ3v) is 4.49. The van der Waals surface area contributed by atoms with Gasteiger partial charge in [-0.25, -0.2) is 0 Å². The SMILES string of the molecule is Cc1occc1-c1nnc(SCC(=O)[O-])n1/N=C\c1ccccc1Cl. The molecule has 0 amide bonds. The van der Waals surface area contributed by atoms with Crippen LogP contribution >= 0.6 is 23.4 Å². The Morgan fingerprint density at radius 3 is 2.88 bits per heavy atom. The van der Waals surface area contributed by atoms with E-state index >= 15 is 0 Å². The molecule has 0 saturated carbocycles. The zero-order valence-corrected chi connectivity index (χ0v) is 14.6. The molecule has 25 heavy (non-hydrogen) atoms. The lowest BCUT2D eigenvalue weighted by Crippen LogP contribution is -2.24. The topological polar surface area (TPSA) is 96.3 Å². The van der Waals surface area contributed by atoms with Crippen LogP contribution in [0.15, 0.2) is 51.3 Å². The Morgan fingerprint density at radius 1 is 1.40 bits per heavy atom. The Kier molecular flexibility index (Phi) is 5.20. The van der Waals surface area contributed by atoms with Gasteiger partial charge in [0, 0.05) is 16.3 Å². The molecule has 0 aliphatic rings. The number of aromatic nitrogens is 3. The Bertz CT molecular complexity index is 935. The first kappa shape index (κ1) is 17.2. The van der Waals surface area contributed by atoms with Gasteiger partial charge in [0.25, 0.3) is 0 Å². The van der Waals surface area contributed by atoms with Gasteiger partial charge in [0.2, 0.25) is 5.16 Å². The van der Waals surface area contributed by atoms with Crippen LogP contribution in [0.2, 0.25) is 5.02 Å². The molecule has 0 spiro atoms. The van der Waals surface area contributed by atoms with Gasteiger partial charge in [-0.1, -0.05) is 41.6 Å². The normalized spacial score (nSPS) is 11.3. The van der Waals surface area contributed by atoms with Gasteiger partial charge in [-0.3, -0.25) is 0 Å². The van der Waals surface area contributed by atoms with E-state index in [1.807, 2.05) is 18.2 Å². The second-order valence-electron chi connectivity index (χ2n) is 4.94. The summed E-state index contributed by atoms with van der Waals surface area (Å²) in [5.41, 5.74) is 1.42. The van der Waals surface area contributed by atoms with E-state index in [0.717, 1.165) is 11.8 Å². The molecule has 3 aromatic rings. The second kappa shape index (κ2) is 7.54. The summed E-state index contributed by atoms with van der Waals surface area (Å²) in [6.45, 7) is 1.79. The van der Waals surface area contributed by atoms with Gasteiger partial charge in [-0.05, 0) is 19.1 Å². The van der Waals surface area contributed by atoms with E-state index < -0.39 is 5.97 Å². The molecular formula is C16H12ClN4O3S-. The van der Waals surface area contributed by atoms with Crippen LogP contribution < -0.4 is 5.11 Å². The molecule has 0 aliphatic carbocycles. The highest BCUT2D eigenvalue weighted by Crippen LogP contribution is 2.27. The van der Waals surface area contributed by atoms with Gasteiger partial charge in [0.05, 0.1) is 24.0 Å². The molecule has 128 valence electrons. The van der Waals surface area contributed by atoms with Crippen molar-refractivity contribution >= 4 is 35.5 Å². The average Bonchev–Trinajstić information content (AvgIpc) is 3.17. The van der Waals surface area contributed by atoms with Crippen LogP contribution in [-0.2, 0) is 4.79 Å². The number of aliphatic carboxylic acids is 1. The minimum atomic E-state index is -1.20. The number of nitrogens with zero attached hydrogens (tertiary/aromatic N) is 4. The number of carbonyl (C=O) groups excluding carboxylic acids is 1. The van der Waals surface area contributed by atoms with Gasteiger partial charge >= 0.3 is 0 Å². The molecular weight excluding hydrogens is 364 g/mol. The number of carboxylic acid groups (broad SMARTS) is 1. The highest BCUT2D eigenvalue weighted by Gasteiger charge is 2.17. The first-order valence-electron chi connectivity index (χ1n) is 7.17. The second-order valence-corrected chi connectivity index (χ2v) is 6.28. The fraction of sp³-hybridized carbons (Fsp3) is 0.125. The van der Waals surface area contributed by atoms with Crippen molar-refractivity contribution in [3.8, 4) is 11.4 Å². The summed E-state index contributed by atoms with van der Waals surface area (Å²) >= 11 is 7.10. The molecule has 2 heterocycles. The van der Waals surface area contributed by atoms with Crippen LogP contribution in [0, 0.1) is 6.92 Å². The lowest BCUT2D eigenvalue weighted by atomic mass is 10.2. The molecule has 0 N–H and O–H groups in total. The minimum Gasteiger partial charge on any atom is -0.549 e. The van der Waals surface area contributed by atoms with Gasteiger partial charge in [-0.2, -0.15) is 9.78 Å². The maximum Gasteiger partial charge on any atom is 0.212 e. The third-order valence-electron chi connectivity index (χ3n) is 3.25. The number of aryl methyl sites for hydroxylation is 1. The molecule has 9 heteroatoms. The Morgan fingerprint density at radius 2 is 2.20 bits per heavy atom. The van der Waals surface area contributed by atoms with Crippen LogP contribution in [-0.4, -0.2) is 32.8 Å². The fourth-order valence-electron chi connectivity index (χ4n) is 2.07. The Balaban J connectivity index is 2.02. The number of hydrogen-bond acceptors (Lipinski definition) is 7. The Labute approximate surface area is 152 Å². The third kappa shape index (κ3) is 3.92. The number of carboxylic acids is 1. The summed E-state index contributed by atoms with van der Waals surface area (Å²) in [6.07, 6.45) is 3.10. The number of rotatable bonds is 6. The quantitative estimate of drug-likeness (QED) is 0.484. The van der Waals surface area contributed by atoms with Crippen molar-refractivity contribution < 1.29 is 14.3 Å². The molecule has 0 bridgehead atoms. The van der Waals surface area contributed by atoms with Gasteiger partial charge in [-0.15, -0.1) is 10.2 Å². The molecule has 0 radical (unpaired) electrons. The number of halogens is 1. The lowest BCUT2D eigenvalue weighted by Gasteiger charge is -2.05. The zero-order valence-electron chi connectivity index (χ0n) is 13.0. The van der Waals surface area contributed by atoms with E-state index in [9.17, 15) is 9.90 Å². The minimum absolute atomic E-state index is 0.260. The monoisotopic (exact) mass is 375 g/mol. The molecule has 1 aromatic carbocycles. The zero-order chi connectivity index (χ0) is 17.8. The van der Waals surface area contributed by atoms with Crippen LogP contribution in [0.25, 0.3) is 11.4 Å². The van der Waals surface area contributed by atoms with Crippen molar-refractivity contribution in [1.82, 2.24) is 14.9 Å². The molecule has 3 rings (SSSR count). The van der Waals surface area contributed by atoms with Gasteiger partial charge in [0.15, 0.2) is 5.82 Å². The maximum absolute atomic E-state index is 10.7. The first-order chi connectivity index (χ1) is 12.1. The van der Waals surface area contributed by atoms with Crippen LogP contribution in [0.5, 0.6) is 0 Å². The Hall–Kier alpha value is -2.58. The number of furan rings is 1. The van der Waals surface area contributed by atoms with E-state index in [1.54, 1.807) is 25.3 Å². The predicted octanol–water partition coefficient (Wildman–Crippen LogP) is 2.22. The highest BCUT2D eigenvalue weighted by atomic mass is 35.5. The van der Waals surface area contributed by atoms with Crippen LogP contribution in [0.4, 0.5) is 0 Å². The van der Waals surface area contributed by atoms with Gasteiger partial charge < -0.3 is 14.3 Å². The number of hydrogen-bond donors (Lipinski definition) is 0. The van der Waals surface area contributed by atoms with Crippen molar-refractivity contribution in [1.29, 1.82) is 0 Å². The fourth-order valence-corrected chi connectivity index (χ4v) is 2.85. The van der Waals surface area contributed by atoms with E-state index in [4.69, 9.17) is 16.0 Å². The largest absolute Gasteiger partial charge is 0.549 e. The van der Waals surface area contributed by atoms with Crippen molar-refractivity contribution in [2.45, 2.75) is 12.1 Å².